The van der Waals surface area contributed by atoms with Gasteiger partial charge in [-0.15, -0.1) is 0 Å². The lowest BCUT2D eigenvalue weighted by molar-refractivity contribution is -0.135. The topological polar surface area (TPSA) is 58.6 Å². The van der Waals surface area contributed by atoms with Gasteiger partial charge in [-0.2, -0.15) is 0 Å². The maximum atomic E-state index is 13.3. The molecule has 0 unspecified atom stereocenters. The maximum Gasteiger partial charge on any atom is 0.252 e. The third kappa shape index (κ3) is 7.23. The highest BCUT2D eigenvalue weighted by Crippen LogP contribution is 2.29. The molecule has 2 amide bonds. The van der Waals surface area contributed by atoms with Crippen LogP contribution in [0.15, 0.2) is 48.5 Å². The number of carbonyl (C=O) groups excluding carboxylic acids is 2. The van der Waals surface area contributed by atoms with Crippen molar-refractivity contribution in [3.8, 4) is 5.75 Å². The number of nitrogens with one attached hydrogen (secondary N) is 1. The van der Waals surface area contributed by atoms with E-state index >= 15 is 0 Å². The Morgan fingerprint density at radius 1 is 1.03 bits per heavy atom. The number of carbonyl (C=O) groups is 2. The van der Waals surface area contributed by atoms with E-state index in [0.717, 1.165) is 17.9 Å². The summed E-state index contributed by atoms with van der Waals surface area (Å²) in [5.74, 6) is 0.770. The molecule has 0 aliphatic carbocycles. The predicted molar refractivity (Wildman–Crippen MR) is 135 cm³/mol. The fourth-order valence-electron chi connectivity index (χ4n) is 4.09. The minimum atomic E-state index is -0.566. The molecule has 1 fully saturated rings. The van der Waals surface area contributed by atoms with Crippen LogP contribution in [0.25, 0.3) is 0 Å². The molecule has 180 valence electrons. The first kappa shape index (κ1) is 26.7. The van der Waals surface area contributed by atoms with Gasteiger partial charge in [0, 0.05) is 23.7 Å². The number of likely N-dealkylation sites (tertiary alicyclic amines) is 1. The van der Waals surface area contributed by atoms with Crippen molar-refractivity contribution in [1.82, 2.24) is 10.2 Å². The van der Waals surface area contributed by atoms with E-state index in [4.69, 9.17) is 16.3 Å². The van der Waals surface area contributed by atoms with E-state index < -0.39 is 6.04 Å². The molecule has 3 rings (SSSR count). The van der Waals surface area contributed by atoms with Crippen molar-refractivity contribution in [2.24, 2.45) is 5.92 Å². The van der Waals surface area contributed by atoms with E-state index in [9.17, 15) is 9.59 Å². The SMILES string of the molecule is C.CC(C)Oc1cccc(C(=O)N[C@@H](C(=O)N2CCC(c3ccc(Cl)cc3)CC2)C(C)C)c1. The standard InChI is InChI=1S/C26H33ClN2O3.CH4/c1-17(2)24(28-25(30)21-6-5-7-23(16-21)32-18(3)4)26(31)29-14-12-20(13-15-29)19-8-10-22(27)11-9-19;/h5-11,16-18,20,24H,12-15H2,1-4H3,(H,28,30);1H4/t24-;/m1./s1. The van der Waals surface area contributed by atoms with Gasteiger partial charge in [0.2, 0.25) is 5.91 Å². The van der Waals surface area contributed by atoms with E-state index in [1.165, 1.54) is 5.56 Å². The Morgan fingerprint density at radius 2 is 1.67 bits per heavy atom. The number of amides is 2. The van der Waals surface area contributed by atoms with Crippen LogP contribution in [0, 0.1) is 5.92 Å². The summed E-state index contributed by atoms with van der Waals surface area (Å²) in [6.45, 7) is 9.17. The highest BCUT2D eigenvalue weighted by molar-refractivity contribution is 6.30. The number of piperidine rings is 1. The first-order chi connectivity index (χ1) is 15.2. The molecule has 2 aromatic carbocycles. The number of ether oxygens (including phenoxy) is 1. The number of halogens is 1. The van der Waals surface area contributed by atoms with E-state index in [2.05, 4.69) is 17.4 Å². The van der Waals surface area contributed by atoms with Crippen molar-refractivity contribution in [3.05, 3.63) is 64.7 Å². The lowest BCUT2D eigenvalue weighted by atomic mass is 9.89. The van der Waals surface area contributed by atoms with Crippen molar-refractivity contribution in [3.63, 3.8) is 0 Å². The molecular weight excluding hydrogens is 436 g/mol. The first-order valence-corrected chi connectivity index (χ1v) is 11.7. The number of benzene rings is 2. The summed E-state index contributed by atoms with van der Waals surface area (Å²) < 4.78 is 5.69. The Bertz CT molecular complexity index is 919. The second-order valence-electron chi connectivity index (χ2n) is 9.04. The Kier molecular flexibility index (Phi) is 9.78. The molecule has 1 atom stereocenters. The van der Waals surface area contributed by atoms with Crippen LogP contribution in [0.2, 0.25) is 5.02 Å². The van der Waals surface area contributed by atoms with E-state index in [-0.39, 0.29) is 31.3 Å². The summed E-state index contributed by atoms with van der Waals surface area (Å²) in [7, 11) is 0. The lowest BCUT2D eigenvalue weighted by Gasteiger charge is -2.35. The highest BCUT2D eigenvalue weighted by Gasteiger charge is 2.31. The van der Waals surface area contributed by atoms with Crippen LogP contribution in [0.1, 0.15) is 69.8 Å². The van der Waals surface area contributed by atoms with Gasteiger partial charge in [0.25, 0.3) is 5.91 Å². The summed E-state index contributed by atoms with van der Waals surface area (Å²) in [6, 6.07) is 14.5. The molecule has 0 spiro atoms. The molecule has 1 heterocycles. The van der Waals surface area contributed by atoms with Crippen LogP contribution in [0.3, 0.4) is 0 Å². The average molecular weight is 473 g/mol. The second kappa shape index (κ2) is 12.1. The van der Waals surface area contributed by atoms with Crippen molar-refractivity contribution in [2.75, 3.05) is 13.1 Å². The van der Waals surface area contributed by atoms with Gasteiger partial charge in [0.05, 0.1) is 6.10 Å². The summed E-state index contributed by atoms with van der Waals surface area (Å²) in [4.78, 5) is 28.1. The molecule has 2 aromatic rings. The zero-order valence-corrected chi connectivity index (χ0v) is 20.1. The van der Waals surface area contributed by atoms with Gasteiger partial charge >= 0.3 is 0 Å². The quantitative estimate of drug-likeness (QED) is 0.543. The molecule has 33 heavy (non-hydrogen) atoms. The zero-order chi connectivity index (χ0) is 23.3. The van der Waals surface area contributed by atoms with Gasteiger partial charge in [0.1, 0.15) is 11.8 Å². The summed E-state index contributed by atoms with van der Waals surface area (Å²) >= 11 is 6.00. The Hall–Kier alpha value is -2.53. The molecular formula is C27H37ClN2O3. The van der Waals surface area contributed by atoms with Gasteiger partial charge in [-0.05, 0) is 74.4 Å². The van der Waals surface area contributed by atoms with Crippen molar-refractivity contribution in [1.29, 1.82) is 0 Å². The number of rotatable bonds is 7. The minimum absolute atomic E-state index is 0. The minimum Gasteiger partial charge on any atom is -0.491 e. The molecule has 1 aliphatic rings. The third-order valence-electron chi connectivity index (χ3n) is 5.84. The van der Waals surface area contributed by atoms with Crippen LogP contribution in [0.4, 0.5) is 0 Å². The number of hydrogen-bond donors (Lipinski definition) is 1. The largest absolute Gasteiger partial charge is 0.491 e. The fourth-order valence-corrected chi connectivity index (χ4v) is 4.21. The average Bonchev–Trinajstić information content (AvgIpc) is 2.77. The van der Waals surface area contributed by atoms with Gasteiger partial charge in [-0.25, -0.2) is 0 Å². The predicted octanol–water partition coefficient (Wildman–Crippen LogP) is 5.92. The van der Waals surface area contributed by atoms with Crippen LogP contribution < -0.4 is 10.1 Å². The van der Waals surface area contributed by atoms with Gasteiger partial charge in [0.15, 0.2) is 0 Å². The summed E-state index contributed by atoms with van der Waals surface area (Å²) in [5, 5.41) is 3.69. The molecule has 0 radical (unpaired) electrons. The Balaban J connectivity index is 0.00000385. The van der Waals surface area contributed by atoms with Crippen LogP contribution in [0.5, 0.6) is 5.75 Å². The molecule has 0 aromatic heterocycles. The zero-order valence-electron chi connectivity index (χ0n) is 19.3. The van der Waals surface area contributed by atoms with Gasteiger partial charge in [-0.3, -0.25) is 9.59 Å². The van der Waals surface area contributed by atoms with Gasteiger partial charge < -0.3 is 15.0 Å². The second-order valence-corrected chi connectivity index (χ2v) is 9.48. The molecule has 1 N–H and O–H groups in total. The van der Waals surface area contributed by atoms with Crippen molar-refractivity contribution >= 4 is 23.4 Å². The number of hydrogen-bond acceptors (Lipinski definition) is 3. The molecule has 6 heteroatoms. The Labute approximate surface area is 203 Å². The molecule has 1 saturated heterocycles. The van der Waals surface area contributed by atoms with Gasteiger partial charge in [-0.1, -0.05) is 51.1 Å². The molecule has 0 saturated carbocycles. The van der Waals surface area contributed by atoms with E-state index in [1.807, 2.05) is 50.8 Å². The number of nitrogens with zero attached hydrogens (tertiary/aromatic N) is 1. The smallest absolute Gasteiger partial charge is 0.252 e. The monoisotopic (exact) mass is 472 g/mol. The summed E-state index contributed by atoms with van der Waals surface area (Å²) in [5.41, 5.74) is 1.75. The highest BCUT2D eigenvalue weighted by atomic mass is 35.5. The third-order valence-corrected chi connectivity index (χ3v) is 6.09. The molecule has 1 aliphatic heterocycles. The fraction of sp³-hybridized carbons (Fsp3) is 0.481. The normalized spacial score (nSPS) is 15.2. The van der Waals surface area contributed by atoms with E-state index in [1.54, 1.807) is 18.2 Å². The maximum absolute atomic E-state index is 13.3. The first-order valence-electron chi connectivity index (χ1n) is 11.4. The molecule has 0 bridgehead atoms. The van der Waals surface area contributed by atoms with Crippen LogP contribution >= 0.6 is 11.6 Å². The summed E-state index contributed by atoms with van der Waals surface area (Å²) in [6.07, 6.45) is 1.83. The van der Waals surface area contributed by atoms with Crippen LogP contribution in [-0.2, 0) is 4.79 Å². The van der Waals surface area contributed by atoms with Crippen molar-refractivity contribution < 1.29 is 14.3 Å². The lowest BCUT2D eigenvalue weighted by Crippen LogP contribution is -2.52. The van der Waals surface area contributed by atoms with Crippen molar-refractivity contribution in [2.45, 2.75) is 66.0 Å². The van der Waals surface area contributed by atoms with E-state index in [0.29, 0.717) is 30.3 Å². The molecule has 5 nitrogen and oxygen atoms in total. The Morgan fingerprint density at radius 3 is 2.24 bits per heavy atom. The van der Waals surface area contributed by atoms with Crippen LogP contribution in [-0.4, -0.2) is 41.9 Å².